The Hall–Kier alpha value is -0.502. The summed E-state index contributed by atoms with van der Waals surface area (Å²) in [6.07, 6.45) is 0. The predicted molar refractivity (Wildman–Crippen MR) is 45.8 cm³/mol. The predicted octanol–water partition coefficient (Wildman–Crippen LogP) is 0.431. The van der Waals surface area contributed by atoms with Crippen LogP contribution in [0, 0.1) is 6.92 Å². The van der Waals surface area contributed by atoms with Crippen molar-refractivity contribution in [3.05, 3.63) is 35.4 Å². The fraction of sp³-hybridized carbons (Fsp3) is 0.250. The monoisotopic (exact) mass is 230 g/mol. The molecule has 66 valence electrons. The minimum atomic E-state index is -4.48. The van der Waals surface area contributed by atoms with Crippen LogP contribution in [0.15, 0.2) is 24.3 Å². The molecule has 0 unspecified atom stereocenters. The van der Waals surface area contributed by atoms with E-state index in [9.17, 15) is 3.74 Å². The number of hydrogen-bond donors (Lipinski definition) is 2. The molecule has 0 spiro atoms. The zero-order chi connectivity index (χ0) is 9.19. The van der Waals surface area contributed by atoms with Crippen molar-refractivity contribution >= 4 is 14.2 Å². The van der Waals surface area contributed by atoms with E-state index in [0.717, 1.165) is 5.56 Å². The van der Waals surface area contributed by atoms with Crippen LogP contribution in [0.3, 0.4) is 0 Å². The van der Waals surface area contributed by atoms with Gasteiger partial charge in [0.15, 0.2) is 0 Å². The first-order chi connectivity index (χ1) is 5.47. The van der Waals surface area contributed by atoms with Gasteiger partial charge < -0.3 is 0 Å². The minimum absolute atomic E-state index is 0.113. The number of aryl methyl sites for hydroxylation is 1. The first-order valence-corrected chi connectivity index (χ1v) is 7.35. The van der Waals surface area contributed by atoms with Crippen LogP contribution in [-0.2, 0) is 8.95 Å². The third-order valence-electron chi connectivity index (χ3n) is 1.51. The summed E-state index contributed by atoms with van der Waals surface area (Å²) in [5.74, 6) is 0. The molecule has 2 N–H and O–H groups in total. The SMILES string of the molecule is Cc1ccc(C[As](=O)(O)O)cc1. The van der Waals surface area contributed by atoms with E-state index in [4.69, 9.17) is 8.19 Å². The second-order valence-corrected chi connectivity index (χ2v) is 6.26. The van der Waals surface area contributed by atoms with Gasteiger partial charge in [-0.05, 0) is 0 Å². The van der Waals surface area contributed by atoms with E-state index in [1.54, 1.807) is 12.1 Å². The van der Waals surface area contributed by atoms with Gasteiger partial charge in [-0.25, -0.2) is 0 Å². The molecule has 0 aromatic heterocycles. The van der Waals surface area contributed by atoms with Gasteiger partial charge in [-0.1, -0.05) is 0 Å². The first kappa shape index (κ1) is 9.59. The standard InChI is InChI=1S/C8H11AsO3/c1-7-2-4-8(5-3-7)6-9(10,11)12/h2-5H,6H2,1H3,(H2,10,11,12). The van der Waals surface area contributed by atoms with E-state index < -0.39 is 14.2 Å². The number of hydrogen-bond acceptors (Lipinski definition) is 1. The molecule has 0 bridgehead atoms. The zero-order valence-corrected chi connectivity index (χ0v) is 8.64. The van der Waals surface area contributed by atoms with Gasteiger partial charge >= 0.3 is 73.6 Å². The Balaban J connectivity index is 2.78. The molecule has 0 heterocycles. The fourth-order valence-electron chi connectivity index (χ4n) is 0.931. The maximum absolute atomic E-state index is 10.6. The average Bonchev–Trinajstić information content (AvgIpc) is 1.91. The van der Waals surface area contributed by atoms with Gasteiger partial charge in [0.2, 0.25) is 0 Å². The fourth-order valence-corrected chi connectivity index (χ4v) is 2.37. The number of rotatable bonds is 2. The normalized spacial score (nSPS) is 11.6. The quantitative estimate of drug-likeness (QED) is 0.724. The van der Waals surface area contributed by atoms with E-state index in [1.165, 1.54) is 0 Å². The summed E-state index contributed by atoms with van der Waals surface area (Å²) in [6, 6.07) is 7.19. The molecule has 1 aromatic rings. The van der Waals surface area contributed by atoms with Gasteiger partial charge in [-0.2, -0.15) is 0 Å². The third-order valence-corrected chi connectivity index (χ3v) is 3.14. The van der Waals surface area contributed by atoms with Crippen LogP contribution >= 0.6 is 0 Å². The molecule has 0 aliphatic carbocycles. The van der Waals surface area contributed by atoms with Crippen LogP contribution < -0.4 is 0 Å². The van der Waals surface area contributed by atoms with Crippen molar-refractivity contribution in [1.82, 2.24) is 0 Å². The molecule has 0 aliphatic rings. The molecule has 12 heavy (non-hydrogen) atoms. The van der Waals surface area contributed by atoms with Crippen molar-refractivity contribution in [2.24, 2.45) is 0 Å². The van der Waals surface area contributed by atoms with Gasteiger partial charge in [-0.3, -0.25) is 0 Å². The Kier molecular flexibility index (Phi) is 2.78. The molecule has 1 aromatic carbocycles. The molecule has 0 saturated carbocycles. The van der Waals surface area contributed by atoms with Crippen LogP contribution in [-0.4, -0.2) is 22.4 Å². The van der Waals surface area contributed by atoms with E-state index in [0.29, 0.717) is 5.56 Å². The molecule has 0 fully saturated rings. The molecule has 1 rings (SSSR count). The van der Waals surface area contributed by atoms with E-state index in [1.807, 2.05) is 19.1 Å². The topological polar surface area (TPSA) is 57.5 Å². The summed E-state index contributed by atoms with van der Waals surface area (Å²) in [6.45, 7) is 1.94. The van der Waals surface area contributed by atoms with Gasteiger partial charge in [0, 0.05) is 0 Å². The van der Waals surface area contributed by atoms with Gasteiger partial charge in [0.05, 0.1) is 0 Å². The summed E-state index contributed by atoms with van der Waals surface area (Å²) in [5.41, 5.74) is 1.80. The maximum atomic E-state index is 10.6. The van der Waals surface area contributed by atoms with Crippen molar-refractivity contribution < 1.29 is 11.9 Å². The van der Waals surface area contributed by atoms with Crippen LogP contribution in [0.4, 0.5) is 0 Å². The van der Waals surface area contributed by atoms with Crippen LogP contribution in [0.1, 0.15) is 11.1 Å². The Labute approximate surface area is 74.0 Å². The Morgan fingerprint density at radius 2 is 1.75 bits per heavy atom. The second-order valence-electron chi connectivity index (χ2n) is 2.81. The summed E-state index contributed by atoms with van der Waals surface area (Å²) >= 11 is -4.48. The molecular formula is C8H11AsO3. The van der Waals surface area contributed by atoms with Crippen molar-refractivity contribution in [1.29, 1.82) is 0 Å². The van der Waals surface area contributed by atoms with E-state index in [-0.39, 0.29) is 5.21 Å². The van der Waals surface area contributed by atoms with Crippen molar-refractivity contribution in [3.8, 4) is 0 Å². The Morgan fingerprint density at radius 1 is 1.25 bits per heavy atom. The van der Waals surface area contributed by atoms with E-state index in [2.05, 4.69) is 0 Å². The zero-order valence-electron chi connectivity index (χ0n) is 6.77. The third kappa shape index (κ3) is 3.26. The van der Waals surface area contributed by atoms with E-state index >= 15 is 0 Å². The Bertz CT molecular complexity index is 299. The van der Waals surface area contributed by atoms with Gasteiger partial charge in [0.25, 0.3) is 0 Å². The first-order valence-electron chi connectivity index (χ1n) is 3.57. The molecule has 4 heteroatoms. The van der Waals surface area contributed by atoms with Crippen molar-refractivity contribution in [2.45, 2.75) is 12.1 Å². The molecular weight excluding hydrogens is 219 g/mol. The Morgan fingerprint density at radius 3 is 2.17 bits per heavy atom. The average molecular weight is 230 g/mol. The molecule has 3 nitrogen and oxygen atoms in total. The summed E-state index contributed by atoms with van der Waals surface area (Å²) in [7, 11) is 0. The van der Waals surface area contributed by atoms with Gasteiger partial charge in [0.1, 0.15) is 0 Å². The summed E-state index contributed by atoms with van der Waals surface area (Å²) in [5, 5.41) is -0.113. The molecule has 0 radical (unpaired) electrons. The van der Waals surface area contributed by atoms with Crippen molar-refractivity contribution in [3.63, 3.8) is 0 Å². The van der Waals surface area contributed by atoms with Gasteiger partial charge in [-0.15, -0.1) is 0 Å². The van der Waals surface area contributed by atoms with Crippen LogP contribution in [0.2, 0.25) is 0 Å². The second kappa shape index (κ2) is 3.48. The molecule has 0 aliphatic heterocycles. The van der Waals surface area contributed by atoms with Crippen LogP contribution in [0.5, 0.6) is 0 Å². The van der Waals surface area contributed by atoms with Crippen molar-refractivity contribution in [2.75, 3.05) is 0 Å². The molecule has 0 atom stereocenters. The molecule has 0 saturated heterocycles. The number of benzene rings is 1. The van der Waals surface area contributed by atoms with Crippen LogP contribution in [0.25, 0.3) is 0 Å². The summed E-state index contributed by atoms with van der Waals surface area (Å²) < 4.78 is 28.1. The summed E-state index contributed by atoms with van der Waals surface area (Å²) in [4.78, 5) is 0. The molecule has 0 amide bonds.